The van der Waals surface area contributed by atoms with Crippen LogP contribution in [0.25, 0.3) is 0 Å². The highest BCUT2D eigenvalue weighted by Gasteiger charge is 2.34. The molecule has 0 spiro atoms. The molecule has 1 unspecified atom stereocenters. The summed E-state index contributed by atoms with van der Waals surface area (Å²) in [4.78, 5) is 24.2. The van der Waals surface area contributed by atoms with Crippen LogP contribution in [0.4, 0.5) is 0 Å². The standard InChI is InChI=1S/C36H71O19P.CH4/c1-5-42-9-11-44-13-15-46-17-19-48-21-23-50-25-27-52-29-31-54-56(39,33-34(36(38)41-4)7-8-35(37)40-3)55-32-30-53-28-26-51-24-22-49-20-18-47-16-14-45-12-10-43-6-2;/h34H,5-33H2,1-4H3;1H4. The van der Waals surface area contributed by atoms with E-state index in [2.05, 4.69) is 4.74 Å². The fraction of sp³-hybridized carbons (Fsp3) is 0.946. The average Bonchev–Trinajstić information content (AvgIpc) is 3.20. The van der Waals surface area contributed by atoms with Gasteiger partial charge in [-0.15, -0.1) is 0 Å². The molecule has 0 bridgehead atoms. The van der Waals surface area contributed by atoms with Crippen molar-refractivity contribution in [2.24, 2.45) is 5.92 Å². The van der Waals surface area contributed by atoms with E-state index in [1.807, 2.05) is 13.8 Å². The van der Waals surface area contributed by atoms with E-state index >= 15 is 0 Å². The molecule has 0 aliphatic rings. The van der Waals surface area contributed by atoms with Crippen molar-refractivity contribution >= 4 is 19.5 Å². The molecule has 57 heavy (non-hydrogen) atoms. The number of hydrogen-bond acceptors (Lipinski definition) is 19. The van der Waals surface area contributed by atoms with Crippen molar-refractivity contribution in [2.75, 3.05) is 192 Å². The molecule has 0 radical (unpaired) electrons. The van der Waals surface area contributed by atoms with Gasteiger partial charge >= 0.3 is 19.5 Å². The zero-order valence-corrected chi connectivity index (χ0v) is 35.2. The highest BCUT2D eigenvalue weighted by molar-refractivity contribution is 7.53. The molecule has 1 atom stereocenters. The number of ether oxygens (including phenoxy) is 14. The minimum atomic E-state index is -3.85. The second-order valence-corrected chi connectivity index (χ2v) is 13.4. The van der Waals surface area contributed by atoms with Crippen LogP contribution in [0.2, 0.25) is 0 Å². The molecule has 0 aromatic heterocycles. The Morgan fingerprint density at radius 1 is 0.421 bits per heavy atom. The topological polar surface area (TPSA) is 199 Å². The Labute approximate surface area is 340 Å². The molecule has 0 heterocycles. The first-order valence-electron chi connectivity index (χ1n) is 19.4. The van der Waals surface area contributed by atoms with E-state index in [9.17, 15) is 14.2 Å². The van der Waals surface area contributed by atoms with Gasteiger partial charge in [0.15, 0.2) is 0 Å². The molecule has 342 valence electrons. The van der Waals surface area contributed by atoms with E-state index in [1.165, 1.54) is 14.2 Å². The molecule has 20 heteroatoms. The summed E-state index contributed by atoms with van der Waals surface area (Å²) < 4.78 is 99.5. The first kappa shape index (κ1) is 57.7. The van der Waals surface area contributed by atoms with Gasteiger partial charge in [0.2, 0.25) is 0 Å². The number of carbonyl (C=O) groups excluding carboxylic acids is 2. The van der Waals surface area contributed by atoms with Gasteiger partial charge in [0.1, 0.15) is 0 Å². The van der Waals surface area contributed by atoms with Crippen molar-refractivity contribution in [1.29, 1.82) is 0 Å². The maximum atomic E-state index is 13.7. The van der Waals surface area contributed by atoms with E-state index in [0.29, 0.717) is 132 Å². The lowest BCUT2D eigenvalue weighted by Crippen LogP contribution is -2.23. The quantitative estimate of drug-likeness (QED) is 0.0492. The summed E-state index contributed by atoms with van der Waals surface area (Å²) >= 11 is 0. The van der Waals surface area contributed by atoms with E-state index < -0.39 is 25.5 Å². The summed E-state index contributed by atoms with van der Waals surface area (Å²) in [6.45, 7) is 14.1. The molecule has 0 fully saturated rings. The Morgan fingerprint density at radius 2 is 0.684 bits per heavy atom. The predicted octanol–water partition coefficient (Wildman–Crippen LogP) is 2.83. The SMILES string of the molecule is C.CCOCCOCCOCCOCCOCCOCCOP(=O)(CC(CCC(=O)OC)C(=O)OC)OCCOCCOCCOCCOCCOCCOCC. The zero-order chi connectivity index (χ0) is 41.1. The van der Waals surface area contributed by atoms with Crippen LogP contribution in [0.5, 0.6) is 0 Å². The van der Waals surface area contributed by atoms with Crippen LogP contribution in [-0.4, -0.2) is 204 Å². The van der Waals surface area contributed by atoms with Gasteiger partial charge in [-0.25, -0.2) is 0 Å². The normalized spacial score (nSPS) is 12.1. The van der Waals surface area contributed by atoms with Crippen LogP contribution in [0, 0.1) is 5.92 Å². The monoisotopic (exact) mass is 854 g/mol. The third kappa shape index (κ3) is 41.1. The van der Waals surface area contributed by atoms with Crippen LogP contribution in [-0.2, 0) is 89.5 Å². The Bertz CT molecular complexity index is 857. The number of carbonyl (C=O) groups is 2. The van der Waals surface area contributed by atoms with Crippen molar-refractivity contribution in [3.63, 3.8) is 0 Å². The minimum Gasteiger partial charge on any atom is -0.469 e. The maximum absolute atomic E-state index is 13.7. The predicted molar refractivity (Wildman–Crippen MR) is 209 cm³/mol. The third-order valence-electron chi connectivity index (χ3n) is 7.06. The van der Waals surface area contributed by atoms with Crippen molar-refractivity contribution in [1.82, 2.24) is 0 Å². The summed E-state index contributed by atoms with van der Waals surface area (Å²) in [5.41, 5.74) is 0. The van der Waals surface area contributed by atoms with E-state index in [0.717, 1.165) is 0 Å². The molecule has 0 aromatic carbocycles. The molecule has 0 amide bonds. The highest BCUT2D eigenvalue weighted by atomic mass is 31.2. The van der Waals surface area contributed by atoms with Crippen molar-refractivity contribution in [3.05, 3.63) is 0 Å². The lowest BCUT2D eigenvalue weighted by molar-refractivity contribution is -0.146. The second kappa shape index (κ2) is 45.7. The number of rotatable bonds is 46. The third-order valence-corrected chi connectivity index (χ3v) is 9.10. The van der Waals surface area contributed by atoms with E-state index in [4.69, 9.17) is 70.6 Å². The second-order valence-electron chi connectivity index (χ2n) is 11.3. The molecule has 0 aliphatic carbocycles. The summed E-state index contributed by atoms with van der Waals surface area (Å²) in [5.74, 6) is -2.08. The first-order chi connectivity index (χ1) is 27.4. The molecule has 0 saturated carbocycles. The van der Waals surface area contributed by atoms with Crippen molar-refractivity contribution in [2.45, 2.75) is 34.1 Å². The van der Waals surface area contributed by atoms with Crippen LogP contribution >= 0.6 is 7.60 Å². The number of hydrogen-bond donors (Lipinski definition) is 0. The Hall–Kier alpha value is -1.39. The fourth-order valence-electron chi connectivity index (χ4n) is 4.22. The molecular weight excluding hydrogens is 779 g/mol. The largest absolute Gasteiger partial charge is 0.469 e. The Kier molecular flexibility index (Phi) is 46.3. The van der Waals surface area contributed by atoms with Gasteiger partial charge < -0.3 is 75.4 Å². The molecule has 0 N–H and O–H groups in total. The summed E-state index contributed by atoms with van der Waals surface area (Å²) in [7, 11) is -1.39. The van der Waals surface area contributed by atoms with Gasteiger partial charge in [-0.1, -0.05) is 7.43 Å². The summed E-state index contributed by atoms with van der Waals surface area (Å²) in [5, 5.41) is 0. The van der Waals surface area contributed by atoms with Gasteiger partial charge in [0.25, 0.3) is 0 Å². The summed E-state index contributed by atoms with van der Waals surface area (Å²) in [6, 6.07) is 0. The van der Waals surface area contributed by atoms with Gasteiger partial charge in [-0.2, -0.15) is 0 Å². The smallest absolute Gasteiger partial charge is 0.331 e. The first-order valence-corrected chi connectivity index (χ1v) is 21.1. The molecule has 0 aromatic rings. The van der Waals surface area contributed by atoms with Crippen molar-refractivity contribution < 1.29 is 89.5 Å². The van der Waals surface area contributed by atoms with Gasteiger partial charge in [-0.3, -0.25) is 14.2 Å². The molecular formula is C37H75O19P. The van der Waals surface area contributed by atoms with E-state index in [1.54, 1.807) is 0 Å². The number of methoxy groups -OCH3 is 2. The highest BCUT2D eigenvalue weighted by Crippen LogP contribution is 2.50. The average molecular weight is 855 g/mol. The molecule has 0 aliphatic heterocycles. The van der Waals surface area contributed by atoms with Gasteiger partial charge in [0, 0.05) is 19.6 Å². The molecule has 0 rings (SSSR count). The lowest BCUT2D eigenvalue weighted by atomic mass is 10.1. The van der Waals surface area contributed by atoms with Crippen LogP contribution in [0.15, 0.2) is 0 Å². The van der Waals surface area contributed by atoms with Crippen LogP contribution < -0.4 is 0 Å². The number of esters is 2. The van der Waals surface area contributed by atoms with Crippen LogP contribution in [0.1, 0.15) is 34.1 Å². The fourth-order valence-corrected chi connectivity index (χ4v) is 6.08. The van der Waals surface area contributed by atoms with Crippen molar-refractivity contribution in [3.8, 4) is 0 Å². The lowest BCUT2D eigenvalue weighted by Gasteiger charge is -2.22. The van der Waals surface area contributed by atoms with Crippen LogP contribution in [0.3, 0.4) is 0 Å². The Morgan fingerprint density at radius 3 is 0.930 bits per heavy atom. The molecule has 0 saturated heterocycles. The Balaban J connectivity index is 0. The minimum absolute atomic E-state index is 0. The zero-order valence-electron chi connectivity index (χ0n) is 34.3. The summed E-state index contributed by atoms with van der Waals surface area (Å²) in [6.07, 6.45) is -0.333. The maximum Gasteiger partial charge on any atom is 0.331 e. The van der Waals surface area contributed by atoms with Gasteiger partial charge in [-0.05, 0) is 20.3 Å². The van der Waals surface area contributed by atoms with E-state index in [-0.39, 0.29) is 66.1 Å². The molecule has 19 nitrogen and oxygen atoms in total. The van der Waals surface area contributed by atoms with Gasteiger partial charge in [0.05, 0.1) is 185 Å².